The number of hydrogen-bond acceptors (Lipinski definition) is 3. The van der Waals surface area contributed by atoms with Crippen LogP contribution in [0.2, 0.25) is 0 Å². The second kappa shape index (κ2) is 9.59. The number of rotatable bonds is 5. The smallest absolute Gasteiger partial charge is 0.201 e. The molecule has 0 unspecified atom stereocenters. The fourth-order valence-corrected chi connectivity index (χ4v) is 4.78. The zero-order valence-electron chi connectivity index (χ0n) is 20.4. The Morgan fingerprint density at radius 3 is 1.84 bits per heavy atom. The molecule has 1 N–H and O–H groups in total. The van der Waals surface area contributed by atoms with E-state index in [1.807, 2.05) is 134 Å². The van der Waals surface area contributed by atoms with E-state index in [4.69, 9.17) is 4.98 Å². The number of nitrogens with one attached hydrogen (secondary N) is 1. The molecule has 4 heteroatoms. The molecule has 0 saturated carbocycles. The van der Waals surface area contributed by atoms with Crippen LogP contribution in [0.3, 0.4) is 0 Å². The maximum absolute atomic E-state index is 14.3. The average molecular weight is 480 g/mol. The molecule has 6 aromatic rings. The third-order valence-electron chi connectivity index (χ3n) is 6.51. The highest BCUT2D eigenvalue weighted by atomic mass is 16.1. The molecule has 2 aromatic heterocycles. The van der Waals surface area contributed by atoms with Gasteiger partial charge in [0.2, 0.25) is 5.43 Å². The van der Waals surface area contributed by atoms with Gasteiger partial charge in [0.05, 0.1) is 16.6 Å². The molecule has 0 atom stereocenters. The normalized spacial score (nSPS) is 10.9. The number of nitrogens with zero attached hydrogens (tertiary/aromatic N) is 2. The van der Waals surface area contributed by atoms with Crippen LogP contribution >= 0.6 is 0 Å². The average Bonchev–Trinajstić information content (AvgIpc) is 2.95. The number of fused-ring (bicyclic) bond motifs is 1. The first kappa shape index (κ1) is 22.5. The van der Waals surface area contributed by atoms with E-state index in [-0.39, 0.29) is 5.43 Å². The Labute approximate surface area is 215 Å². The van der Waals surface area contributed by atoms with Gasteiger partial charge in [0.15, 0.2) is 5.65 Å². The minimum absolute atomic E-state index is 0.0450. The standard InChI is InChI=1S/C33H25N3O/c1-23-22-28(24-14-6-2-7-15-24)35-32-29(23)31(37)30(25-16-8-3-9-17-25)33(34-26-18-10-4-11-19-26)36(32)27-20-12-5-13-21-27/h2-22,34H,1H3. The van der Waals surface area contributed by atoms with Gasteiger partial charge in [-0.3, -0.25) is 9.36 Å². The minimum atomic E-state index is -0.0450. The van der Waals surface area contributed by atoms with Crippen LogP contribution in [0.25, 0.3) is 39.1 Å². The van der Waals surface area contributed by atoms with Crippen molar-refractivity contribution in [3.63, 3.8) is 0 Å². The quantitative estimate of drug-likeness (QED) is 0.275. The van der Waals surface area contributed by atoms with Gasteiger partial charge in [0, 0.05) is 16.9 Å². The number of para-hydroxylation sites is 2. The van der Waals surface area contributed by atoms with Gasteiger partial charge in [-0.15, -0.1) is 0 Å². The predicted molar refractivity (Wildman–Crippen MR) is 153 cm³/mol. The topological polar surface area (TPSA) is 46.9 Å². The molecule has 178 valence electrons. The lowest BCUT2D eigenvalue weighted by atomic mass is 10.00. The second-order valence-corrected chi connectivity index (χ2v) is 8.97. The summed E-state index contributed by atoms with van der Waals surface area (Å²) in [4.78, 5) is 19.4. The lowest BCUT2D eigenvalue weighted by Crippen LogP contribution is -2.18. The van der Waals surface area contributed by atoms with Gasteiger partial charge < -0.3 is 5.32 Å². The molecule has 0 fully saturated rings. The Kier molecular flexibility index (Phi) is 5.83. The Balaban J connectivity index is 1.78. The highest BCUT2D eigenvalue weighted by Crippen LogP contribution is 2.35. The molecule has 0 amide bonds. The Morgan fingerprint density at radius 1 is 0.676 bits per heavy atom. The van der Waals surface area contributed by atoms with Crippen LogP contribution in [0.15, 0.2) is 132 Å². The highest BCUT2D eigenvalue weighted by molar-refractivity contribution is 5.94. The van der Waals surface area contributed by atoms with Crippen LogP contribution in [-0.2, 0) is 0 Å². The van der Waals surface area contributed by atoms with Crippen molar-refractivity contribution in [1.29, 1.82) is 0 Å². The third kappa shape index (κ3) is 4.19. The second-order valence-electron chi connectivity index (χ2n) is 8.97. The van der Waals surface area contributed by atoms with E-state index in [0.717, 1.165) is 33.8 Å². The van der Waals surface area contributed by atoms with Crippen molar-refractivity contribution < 1.29 is 0 Å². The summed E-state index contributed by atoms with van der Waals surface area (Å²) in [5, 5.41) is 4.18. The van der Waals surface area contributed by atoms with Crippen molar-refractivity contribution in [2.24, 2.45) is 0 Å². The van der Waals surface area contributed by atoms with Crippen LogP contribution in [0, 0.1) is 6.92 Å². The van der Waals surface area contributed by atoms with Crippen molar-refractivity contribution in [3.05, 3.63) is 143 Å². The Hall–Kier alpha value is -4.96. The van der Waals surface area contributed by atoms with Crippen molar-refractivity contribution in [2.45, 2.75) is 6.92 Å². The van der Waals surface area contributed by atoms with Crippen LogP contribution in [-0.4, -0.2) is 9.55 Å². The number of anilines is 2. The Bertz CT molecular complexity index is 1750. The molecule has 0 saturated heterocycles. The molecule has 6 rings (SSSR count). The predicted octanol–water partition coefficient (Wildman–Crippen LogP) is 7.77. The van der Waals surface area contributed by atoms with Crippen molar-refractivity contribution in [3.8, 4) is 28.1 Å². The zero-order valence-corrected chi connectivity index (χ0v) is 20.4. The van der Waals surface area contributed by atoms with Crippen LogP contribution in [0.5, 0.6) is 0 Å². The van der Waals surface area contributed by atoms with E-state index in [9.17, 15) is 4.79 Å². The molecule has 37 heavy (non-hydrogen) atoms. The summed E-state index contributed by atoms with van der Waals surface area (Å²) >= 11 is 0. The van der Waals surface area contributed by atoms with Gasteiger partial charge in [-0.25, -0.2) is 4.98 Å². The first-order valence-electron chi connectivity index (χ1n) is 12.3. The summed E-state index contributed by atoms with van der Waals surface area (Å²) in [5.41, 5.74) is 6.56. The summed E-state index contributed by atoms with van der Waals surface area (Å²) in [7, 11) is 0. The molecule has 0 aliphatic heterocycles. The first-order chi connectivity index (χ1) is 18.2. The third-order valence-corrected chi connectivity index (χ3v) is 6.51. The van der Waals surface area contributed by atoms with Gasteiger partial charge >= 0.3 is 0 Å². The van der Waals surface area contributed by atoms with Gasteiger partial charge in [-0.1, -0.05) is 97.1 Å². The summed E-state index contributed by atoms with van der Waals surface area (Å²) in [6.45, 7) is 1.99. The van der Waals surface area contributed by atoms with E-state index in [2.05, 4.69) is 9.88 Å². The fraction of sp³-hybridized carbons (Fsp3) is 0.0303. The maximum Gasteiger partial charge on any atom is 0.201 e. The van der Waals surface area contributed by atoms with E-state index in [1.165, 1.54) is 0 Å². The number of aromatic nitrogens is 2. The molecule has 0 spiro atoms. The van der Waals surface area contributed by atoms with Crippen molar-refractivity contribution in [1.82, 2.24) is 9.55 Å². The minimum Gasteiger partial charge on any atom is -0.341 e. The van der Waals surface area contributed by atoms with Gasteiger partial charge in [-0.2, -0.15) is 0 Å². The molecular formula is C33H25N3O. The summed E-state index contributed by atoms with van der Waals surface area (Å²) in [6.07, 6.45) is 0. The summed E-state index contributed by atoms with van der Waals surface area (Å²) in [6, 6.07) is 41.9. The number of pyridine rings is 2. The maximum atomic E-state index is 14.3. The highest BCUT2D eigenvalue weighted by Gasteiger charge is 2.23. The molecule has 0 bridgehead atoms. The molecule has 4 aromatic carbocycles. The molecule has 0 aliphatic rings. The van der Waals surface area contributed by atoms with E-state index >= 15 is 0 Å². The van der Waals surface area contributed by atoms with Gasteiger partial charge in [0.25, 0.3) is 0 Å². The molecule has 0 aliphatic carbocycles. The SMILES string of the molecule is Cc1cc(-c2ccccc2)nc2c1c(=O)c(-c1ccccc1)c(Nc1ccccc1)n2-c1ccccc1. The number of hydrogen-bond donors (Lipinski definition) is 1. The molecular weight excluding hydrogens is 454 g/mol. The number of benzene rings is 4. The van der Waals surface area contributed by atoms with Crippen LogP contribution in [0.4, 0.5) is 11.5 Å². The van der Waals surface area contributed by atoms with E-state index in [0.29, 0.717) is 22.4 Å². The lowest BCUT2D eigenvalue weighted by molar-refractivity contribution is 1.07. The summed E-state index contributed by atoms with van der Waals surface area (Å²) in [5.74, 6) is 0.679. The largest absolute Gasteiger partial charge is 0.341 e. The zero-order chi connectivity index (χ0) is 25.2. The van der Waals surface area contributed by atoms with Crippen molar-refractivity contribution >= 4 is 22.5 Å². The van der Waals surface area contributed by atoms with E-state index in [1.54, 1.807) is 0 Å². The van der Waals surface area contributed by atoms with Gasteiger partial charge in [0.1, 0.15) is 5.82 Å². The summed E-state index contributed by atoms with van der Waals surface area (Å²) < 4.78 is 2.07. The molecule has 4 nitrogen and oxygen atoms in total. The molecule has 2 heterocycles. The Morgan fingerprint density at radius 2 is 1.22 bits per heavy atom. The van der Waals surface area contributed by atoms with Crippen LogP contribution < -0.4 is 10.7 Å². The monoisotopic (exact) mass is 479 g/mol. The van der Waals surface area contributed by atoms with E-state index < -0.39 is 0 Å². The van der Waals surface area contributed by atoms with Crippen molar-refractivity contribution in [2.75, 3.05) is 5.32 Å². The fourth-order valence-electron chi connectivity index (χ4n) is 4.78. The number of aryl methyl sites for hydroxylation is 1. The molecule has 0 radical (unpaired) electrons. The van der Waals surface area contributed by atoms with Gasteiger partial charge in [-0.05, 0) is 48.4 Å². The van der Waals surface area contributed by atoms with Crippen LogP contribution in [0.1, 0.15) is 5.56 Å². The first-order valence-corrected chi connectivity index (χ1v) is 12.3. The lowest BCUT2D eigenvalue weighted by Gasteiger charge is -2.22.